The first-order valence-corrected chi connectivity index (χ1v) is 22.1. The van der Waals surface area contributed by atoms with Gasteiger partial charge in [0.15, 0.2) is 0 Å². The van der Waals surface area contributed by atoms with Crippen LogP contribution in [0.25, 0.3) is 60.5 Å². The van der Waals surface area contributed by atoms with Crippen molar-refractivity contribution >= 4 is 49.6 Å². The molecule has 3 aliphatic carbocycles. The standard InChI is InChI=1S/C59H44N2/c1-4-16-39(17-5-1)41-30-34-53-50(36-41)49-26-14-18-40-19-15-28-54(58(40)49)59(53)52-27-12-10-24-46(52)47-33-31-45(38-55(47)59)60(42-20-6-2-7-21-42)44-32-35-57-51(37-44)48-25-11-13-29-56(48)61(57)43-22-8-3-9-23-43/h2-3,6-15,18-39H,1,4-5,16-17H2. The predicted octanol–water partition coefficient (Wildman–Crippen LogP) is 15.8. The minimum atomic E-state index is -0.494. The third-order valence-corrected chi connectivity index (χ3v) is 14.4. The predicted molar refractivity (Wildman–Crippen MR) is 255 cm³/mol. The van der Waals surface area contributed by atoms with Gasteiger partial charge in [0.2, 0.25) is 0 Å². The van der Waals surface area contributed by atoms with Gasteiger partial charge in [0.1, 0.15) is 0 Å². The number of hydrogen-bond acceptors (Lipinski definition) is 1. The van der Waals surface area contributed by atoms with E-state index in [0.29, 0.717) is 5.92 Å². The van der Waals surface area contributed by atoms with Crippen LogP contribution in [0.3, 0.4) is 0 Å². The Morgan fingerprint density at radius 3 is 1.93 bits per heavy atom. The smallest absolute Gasteiger partial charge is 0.0726 e. The molecule has 1 saturated carbocycles. The molecule has 0 N–H and O–H groups in total. The molecule has 1 atom stereocenters. The van der Waals surface area contributed by atoms with Gasteiger partial charge < -0.3 is 9.47 Å². The van der Waals surface area contributed by atoms with Crippen molar-refractivity contribution in [2.45, 2.75) is 43.4 Å². The molecule has 13 rings (SSSR count). The zero-order valence-electron chi connectivity index (χ0n) is 34.1. The van der Waals surface area contributed by atoms with Crippen LogP contribution in [-0.4, -0.2) is 4.57 Å². The molecular formula is C59H44N2. The quantitative estimate of drug-likeness (QED) is 0.169. The molecule has 1 aromatic heterocycles. The van der Waals surface area contributed by atoms with Crippen LogP contribution in [-0.2, 0) is 5.41 Å². The number of nitrogens with zero attached hydrogens (tertiary/aromatic N) is 2. The molecule has 0 aliphatic heterocycles. The Bertz CT molecular complexity index is 3350. The van der Waals surface area contributed by atoms with Gasteiger partial charge in [-0.3, -0.25) is 0 Å². The van der Waals surface area contributed by atoms with Gasteiger partial charge in [0.25, 0.3) is 0 Å². The Morgan fingerprint density at radius 1 is 0.410 bits per heavy atom. The normalized spacial score (nSPS) is 16.5. The highest BCUT2D eigenvalue weighted by Gasteiger charge is 2.50. The fourth-order valence-electron chi connectivity index (χ4n) is 11.8. The number of rotatable bonds is 5. The van der Waals surface area contributed by atoms with Crippen LogP contribution in [0.4, 0.5) is 17.1 Å². The van der Waals surface area contributed by atoms with Crippen LogP contribution in [0.15, 0.2) is 200 Å². The molecule has 2 nitrogen and oxygen atoms in total. The van der Waals surface area contributed by atoms with Gasteiger partial charge in [-0.1, -0.05) is 159 Å². The summed E-state index contributed by atoms with van der Waals surface area (Å²) in [5.41, 5.74) is 18.9. The molecule has 3 aliphatic rings. The van der Waals surface area contributed by atoms with E-state index in [1.807, 2.05) is 0 Å². The van der Waals surface area contributed by atoms with Gasteiger partial charge in [-0.2, -0.15) is 0 Å². The minimum absolute atomic E-state index is 0.494. The molecule has 10 aromatic rings. The Morgan fingerprint density at radius 2 is 1.07 bits per heavy atom. The zero-order valence-corrected chi connectivity index (χ0v) is 34.1. The van der Waals surface area contributed by atoms with E-state index in [1.165, 1.54) is 120 Å². The van der Waals surface area contributed by atoms with E-state index in [4.69, 9.17) is 0 Å². The van der Waals surface area contributed by atoms with Crippen LogP contribution in [0.1, 0.15) is 65.8 Å². The summed E-state index contributed by atoms with van der Waals surface area (Å²) in [5, 5.41) is 5.17. The Hall–Kier alpha value is -7.16. The Kier molecular flexibility index (Phi) is 7.63. The summed E-state index contributed by atoms with van der Waals surface area (Å²) >= 11 is 0. The summed E-state index contributed by atoms with van der Waals surface area (Å²) in [6.45, 7) is 0. The van der Waals surface area contributed by atoms with Gasteiger partial charge in [0.05, 0.1) is 16.4 Å². The van der Waals surface area contributed by atoms with Gasteiger partial charge in [-0.25, -0.2) is 0 Å². The highest BCUT2D eigenvalue weighted by atomic mass is 15.1. The molecule has 0 saturated heterocycles. The average molecular weight is 781 g/mol. The third kappa shape index (κ3) is 4.97. The maximum Gasteiger partial charge on any atom is 0.0726 e. The average Bonchev–Trinajstić information content (AvgIpc) is 3.82. The summed E-state index contributed by atoms with van der Waals surface area (Å²) in [4.78, 5) is 2.47. The van der Waals surface area contributed by atoms with E-state index in [9.17, 15) is 0 Å². The molecule has 1 heterocycles. The fourth-order valence-corrected chi connectivity index (χ4v) is 11.8. The van der Waals surface area contributed by atoms with Gasteiger partial charge in [-0.15, -0.1) is 0 Å². The first-order chi connectivity index (χ1) is 30.3. The Balaban J connectivity index is 1.07. The van der Waals surface area contributed by atoms with Crippen LogP contribution < -0.4 is 4.90 Å². The third-order valence-electron chi connectivity index (χ3n) is 14.4. The van der Waals surface area contributed by atoms with E-state index in [-0.39, 0.29) is 0 Å². The van der Waals surface area contributed by atoms with Crippen LogP contribution in [0.2, 0.25) is 0 Å². The molecule has 2 heteroatoms. The number of fused-ring (bicyclic) bond motifs is 12. The molecule has 0 bridgehead atoms. The van der Waals surface area contributed by atoms with Crippen molar-refractivity contribution in [2.24, 2.45) is 0 Å². The number of benzene rings is 9. The molecule has 1 fully saturated rings. The van der Waals surface area contributed by atoms with Crippen LogP contribution in [0, 0.1) is 0 Å². The molecule has 290 valence electrons. The minimum Gasteiger partial charge on any atom is -0.310 e. The summed E-state index contributed by atoms with van der Waals surface area (Å²) in [6.07, 6.45) is 6.58. The summed E-state index contributed by atoms with van der Waals surface area (Å²) in [7, 11) is 0. The lowest BCUT2D eigenvalue weighted by Crippen LogP contribution is -2.32. The second-order valence-corrected chi connectivity index (χ2v) is 17.4. The van der Waals surface area contributed by atoms with E-state index in [2.05, 4.69) is 210 Å². The maximum atomic E-state index is 2.60. The molecular weight excluding hydrogens is 737 g/mol. The SMILES string of the molecule is c1ccc(N(c2ccc3c(c2)C2(c4ccccc4-3)c3ccc(C4CCCCC4)cc3-c3cccc4cccc2c34)c2ccc3c(c2)c2ccccc2n3-c2ccccc2)cc1. The van der Waals surface area contributed by atoms with Crippen molar-refractivity contribution in [3.8, 4) is 27.9 Å². The second-order valence-electron chi connectivity index (χ2n) is 17.4. The largest absolute Gasteiger partial charge is 0.310 e. The van der Waals surface area contributed by atoms with E-state index in [1.54, 1.807) is 0 Å². The number of aromatic nitrogens is 1. The van der Waals surface area contributed by atoms with Gasteiger partial charge in [0, 0.05) is 33.5 Å². The number of hydrogen-bond donors (Lipinski definition) is 0. The van der Waals surface area contributed by atoms with Gasteiger partial charge in [-0.05, 0) is 140 Å². The lowest BCUT2D eigenvalue weighted by Gasteiger charge is -2.41. The number of anilines is 3. The van der Waals surface area contributed by atoms with E-state index >= 15 is 0 Å². The summed E-state index contributed by atoms with van der Waals surface area (Å²) < 4.78 is 2.40. The molecule has 0 amide bonds. The van der Waals surface area contributed by atoms with Crippen LogP contribution in [0.5, 0.6) is 0 Å². The van der Waals surface area contributed by atoms with Crippen molar-refractivity contribution in [1.29, 1.82) is 0 Å². The van der Waals surface area contributed by atoms with Crippen LogP contribution >= 0.6 is 0 Å². The first-order valence-electron chi connectivity index (χ1n) is 22.1. The van der Waals surface area contributed by atoms with E-state index in [0.717, 1.165) is 17.1 Å². The number of para-hydroxylation sites is 3. The molecule has 1 unspecified atom stereocenters. The van der Waals surface area contributed by atoms with Crippen molar-refractivity contribution in [2.75, 3.05) is 4.90 Å². The molecule has 1 spiro atoms. The molecule has 0 radical (unpaired) electrons. The van der Waals surface area contributed by atoms with Crippen molar-refractivity contribution in [3.63, 3.8) is 0 Å². The molecule has 9 aromatic carbocycles. The monoisotopic (exact) mass is 780 g/mol. The maximum absolute atomic E-state index is 2.60. The van der Waals surface area contributed by atoms with Gasteiger partial charge >= 0.3 is 0 Å². The summed E-state index contributed by atoms with van der Waals surface area (Å²) in [5.74, 6) is 0.625. The zero-order chi connectivity index (χ0) is 40.1. The lowest BCUT2D eigenvalue weighted by molar-refractivity contribution is 0.443. The molecule has 61 heavy (non-hydrogen) atoms. The van der Waals surface area contributed by atoms with Crippen molar-refractivity contribution in [1.82, 2.24) is 4.57 Å². The topological polar surface area (TPSA) is 8.17 Å². The van der Waals surface area contributed by atoms with Crippen molar-refractivity contribution in [3.05, 3.63) is 228 Å². The first kappa shape index (κ1) is 34.7. The van der Waals surface area contributed by atoms with Crippen molar-refractivity contribution < 1.29 is 0 Å². The fraction of sp³-hybridized carbons (Fsp3) is 0.119. The Labute approximate surface area is 357 Å². The van der Waals surface area contributed by atoms with E-state index < -0.39 is 5.41 Å². The highest BCUT2D eigenvalue weighted by Crippen LogP contribution is 2.63. The highest BCUT2D eigenvalue weighted by molar-refractivity contribution is 6.11. The second kappa shape index (κ2) is 13.4. The lowest BCUT2D eigenvalue weighted by atomic mass is 9.61. The summed E-state index contributed by atoms with van der Waals surface area (Å²) in [6, 6.07) is 75.6.